The van der Waals surface area contributed by atoms with Gasteiger partial charge in [0, 0.05) is 53.9 Å². The lowest BCUT2D eigenvalue weighted by atomic mass is 10.1. The Bertz CT molecular complexity index is 1520. The topological polar surface area (TPSA) is 137 Å². The summed E-state index contributed by atoms with van der Waals surface area (Å²) in [5.41, 5.74) is 0.630. The highest BCUT2D eigenvalue weighted by atomic mass is 28.6. The van der Waals surface area contributed by atoms with Crippen LogP contribution in [0.3, 0.4) is 0 Å². The summed E-state index contributed by atoms with van der Waals surface area (Å²) in [5.74, 6) is 1.31. The van der Waals surface area contributed by atoms with E-state index in [9.17, 15) is 4.79 Å². The Kier molecular flexibility index (Phi) is 15.6. The third-order valence-corrected chi connectivity index (χ3v) is 50.5. The summed E-state index contributed by atoms with van der Waals surface area (Å²) in [4.78, 5) is 12.0. The molecule has 0 atom stereocenters. The molecular weight excluding hydrogens is 917 g/mol. The number of carbonyl (C=O) groups is 1. The molecule has 0 aliphatic carbocycles. The first-order valence-corrected chi connectivity index (χ1v) is 38.4. The predicted octanol–water partition coefficient (Wildman–Crippen LogP) is 10.0. The largest absolute Gasteiger partial charge is 0.494 e. The molecule has 348 valence electrons. The van der Waals surface area contributed by atoms with E-state index in [1.54, 1.807) is 19.1 Å². The van der Waals surface area contributed by atoms with Crippen LogP contribution < -0.4 is 4.74 Å². The van der Waals surface area contributed by atoms with E-state index in [1.165, 1.54) is 0 Å². The standard InChI is InChI=1S/C39H76O14Si8/c1-30(2)23-55-42-54(22-16-21-41-39-19-17-38(18-20-39)37(15)40)43-56(24-31(3)4)47-58(45-55,26-33(7)8)51-61(29-36(13)14)52-59(46-55,27-34(9)10)48-57(44-54,25-32(5)6)50-60(49-56,53-61)28-35(11)12/h17-20,30-36H,16,21-29H2,1-15H3. The molecule has 0 spiro atoms. The molecule has 0 unspecified atom stereocenters. The Balaban J connectivity index is 1.63. The molecule has 0 N–H and O–H groups in total. The Hall–Kier alpha value is -0.0549. The Labute approximate surface area is 375 Å². The zero-order valence-electron chi connectivity index (χ0n) is 39.6. The molecule has 6 aliphatic heterocycles. The van der Waals surface area contributed by atoms with E-state index in [1.807, 2.05) is 12.1 Å². The van der Waals surface area contributed by atoms with Crippen LogP contribution >= 0.6 is 0 Å². The molecule has 0 amide bonds. The zero-order valence-corrected chi connectivity index (χ0v) is 47.6. The Morgan fingerprint density at radius 3 is 0.852 bits per heavy atom. The molecule has 6 fully saturated rings. The maximum absolute atomic E-state index is 12.0. The Morgan fingerprint density at radius 1 is 0.410 bits per heavy atom. The SMILES string of the molecule is CC(=O)c1ccc(OCCC[Si]23O[Si]4(CC(C)C)O[Si]5(CC(C)C)O[Si](CC(C)C)(O2)O[Si]2(CC(C)C)O[Si](CC(C)C)(O3)O[Si](CC(C)C)(O4)O[Si](CC(C)C)(O5)O2)cc1. The van der Waals surface area contributed by atoms with Gasteiger partial charge in [0.25, 0.3) is 0 Å². The van der Waals surface area contributed by atoms with Gasteiger partial charge >= 0.3 is 70.4 Å². The van der Waals surface area contributed by atoms with Gasteiger partial charge in [-0.05, 0) is 79.0 Å². The molecule has 6 aliphatic rings. The van der Waals surface area contributed by atoms with Crippen molar-refractivity contribution in [2.24, 2.45) is 41.4 Å². The molecule has 1 aromatic rings. The normalized spacial score (nSPS) is 37.3. The molecule has 61 heavy (non-hydrogen) atoms. The van der Waals surface area contributed by atoms with E-state index >= 15 is 0 Å². The lowest BCUT2D eigenvalue weighted by Crippen LogP contribution is -2.88. The van der Waals surface area contributed by atoms with Crippen molar-refractivity contribution in [2.45, 2.75) is 159 Å². The molecule has 0 radical (unpaired) electrons. The van der Waals surface area contributed by atoms with Gasteiger partial charge in [0.05, 0.1) is 6.61 Å². The van der Waals surface area contributed by atoms with Crippen LogP contribution in [0.15, 0.2) is 24.3 Å². The fourth-order valence-corrected chi connectivity index (χ4v) is 60.7. The van der Waals surface area contributed by atoms with Crippen molar-refractivity contribution in [3.63, 3.8) is 0 Å². The first-order valence-electron chi connectivity index (χ1n) is 22.9. The van der Waals surface area contributed by atoms with E-state index < -0.39 is 70.4 Å². The predicted molar refractivity (Wildman–Crippen MR) is 248 cm³/mol. The number of hydrogen-bond acceptors (Lipinski definition) is 14. The molecule has 14 nitrogen and oxygen atoms in total. The Morgan fingerprint density at radius 2 is 0.639 bits per heavy atom. The molecular formula is C39H76O14Si8. The summed E-state index contributed by atoms with van der Waals surface area (Å²) < 4.78 is 100. The van der Waals surface area contributed by atoms with Crippen LogP contribution in [0.4, 0.5) is 0 Å². The van der Waals surface area contributed by atoms with Gasteiger partial charge in [-0.2, -0.15) is 0 Å². The van der Waals surface area contributed by atoms with Gasteiger partial charge in [-0.25, -0.2) is 0 Å². The average molecular weight is 994 g/mol. The molecule has 6 heterocycles. The summed E-state index contributed by atoms with van der Waals surface area (Å²) in [7, 11) is -31.9. The fourth-order valence-electron chi connectivity index (χ4n) is 9.14. The van der Waals surface area contributed by atoms with Crippen LogP contribution in [0.25, 0.3) is 0 Å². The minimum Gasteiger partial charge on any atom is -0.494 e. The van der Waals surface area contributed by atoms with E-state index in [0.717, 1.165) is 0 Å². The summed E-state index contributed by atoms with van der Waals surface area (Å²) >= 11 is 0. The minimum atomic E-state index is -4.08. The number of Topliss-reactive ketones (excluding diaryl/α,β-unsaturated/α-hetero) is 1. The number of carbonyl (C=O) groups excluding carboxylic acids is 1. The number of ether oxygens (including phenoxy) is 1. The van der Waals surface area contributed by atoms with Crippen LogP contribution in [0.5, 0.6) is 5.75 Å². The van der Waals surface area contributed by atoms with E-state index in [-0.39, 0.29) is 47.2 Å². The van der Waals surface area contributed by atoms with Gasteiger partial charge in [-0.15, -0.1) is 0 Å². The van der Waals surface area contributed by atoms with Crippen LogP contribution in [0.2, 0.25) is 48.4 Å². The quantitative estimate of drug-likeness (QED) is 0.0696. The molecule has 22 heteroatoms. The van der Waals surface area contributed by atoms with Crippen molar-refractivity contribution in [2.75, 3.05) is 6.61 Å². The third kappa shape index (κ3) is 12.1. The summed E-state index contributed by atoms with van der Waals surface area (Å²) in [6.07, 6.45) is 0.497. The van der Waals surface area contributed by atoms with E-state index in [4.69, 9.17) is 54.1 Å². The molecule has 8 bridgehead atoms. The van der Waals surface area contributed by atoms with E-state index in [2.05, 4.69) is 96.9 Å². The maximum Gasteiger partial charge on any atom is 0.479 e. The van der Waals surface area contributed by atoms with Gasteiger partial charge in [-0.3, -0.25) is 4.79 Å². The zero-order chi connectivity index (χ0) is 44.9. The molecule has 1 aromatic carbocycles. The minimum absolute atomic E-state index is 0.00320. The van der Waals surface area contributed by atoms with Gasteiger partial charge < -0.3 is 54.1 Å². The van der Waals surface area contributed by atoms with Crippen molar-refractivity contribution >= 4 is 76.2 Å². The van der Waals surface area contributed by atoms with Crippen molar-refractivity contribution < 1.29 is 58.9 Å². The molecule has 6 saturated heterocycles. The van der Waals surface area contributed by atoms with Gasteiger partial charge in [0.1, 0.15) is 5.75 Å². The van der Waals surface area contributed by atoms with Crippen LogP contribution in [-0.2, 0) is 49.4 Å². The molecule has 0 saturated carbocycles. The highest BCUT2D eigenvalue weighted by molar-refractivity contribution is 7.03. The van der Waals surface area contributed by atoms with Gasteiger partial charge in [0.15, 0.2) is 5.78 Å². The first-order chi connectivity index (χ1) is 28.3. The molecule has 7 rings (SSSR count). The number of hydrogen-bond donors (Lipinski definition) is 0. The third-order valence-electron chi connectivity index (χ3n) is 10.5. The molecule has 0 aromatic heterocycles. The highest BCUT2D eigenvalue weighted by Gasteiger charge is 2.83. The lowest BCUT2D eigenvalue weighted by molar-refractivity contribution is -0.0343. The van der Waals surface area contributed by atoms with Gasteiger partial charge in [-0.1, -0.05) is 96.9 Å². The number of rotatable bonds is 20. The smallest absolute Gasteiger partial charge is 0.479 e. The average Bonchev–Trinajstić information content (AvgIpc) is 3.00. The second-order valence-electron chi connectivity index (χ2n) is 20.9. The second kappa shape index (κ2) is 18.9. The fraction of sp³-hybridized carbons (Fsp3) is 0.821. The van der Waals surface area contributed by atoms with Crippen LogP contribution in [0.1, 0.15) is 121 Å². The second-order valence-corrected chi connectivity index (χ2v) is 45.0. The summed E-state index contributed by atoms with van der Waals surface area (Å²) in [5, 5.41) is 0. The van der Waals surface area contributed by atoms with Crippen molar-refractivity contribution in [3.8, 4) is 5.75 Å². The van der Waals surface area contributed by atoms with Crippen molar-refractivity contribution in [1.29, 1.82) is 0 Å². The maximum atomic E-state index is 12.0. The monoisotopic (exact) mass is 992 g/mol. The van der Waals surface area contributed by atoms with Gasteiger partial charge in [0.2, 0.25) is 0 Å². The van der Waals surface area contributed by atoms with Crippen molar-refractivity contribution in [3.05, 3.63) is 29.8 Å². The van der Waals surface area contributed by atoms with E-state index in [0.29, 0.717) is 72.7 Å². The van der Waals surface area contributed by atoms with Crippen LogP contribution in [-0.4, -0.2) is 82.8 Å². The number of benzene rings is 1. The lowest BCUT2D eigenvalue weighted by Gasteiger charge is -2.64. The summed E-state index contributed by atoms with van der Waals surface area (Å²) in [6, 6.07) is 10.7. The summed E-state index contributed by atoms with van der Waals surface area (Å²) in [6.45, 7) is 32.1. The highest BCUT2D eigenvalue weighted by Crippen LogP contribution is 2.56. The van der Waals surface area contributed by atoms with Crippen LogP contribution in [0, 0.1) is 41.4 Å². The number of ketones is 1. The first kappa shape index (κ1) is 50.4. The van der Waals surface area contributed by atoms with Crippen molar-refractivity contribution in [1.82, 2.24) is 0 Å².